The highest BCUT2D eigenvalue weighted by Gasteiger charge is 2.47. The number of rotatable bonds is 6. The molecule has 1 unspecified atom stereocenters. The molecular weight excluding hydrogens is 230 g/mol. The van der Waals surface area contributed by atoms with Crippen molar-refractivity contribution in [3.63, 3.8) is 0 Å². The Hall–Kier alpha value is -1.45. The number of hydrogen-bond acceptors (Lipinski definition) is 3. The molecule has 0 spiro atoms. The Morgan fingerprint density at radius 3 is 2.61 bits per heavy atom. The molecule has 100 valence electrons. The smallest absolute Gasteiger partial charge is 0.236 e. The minimum atomic E-state index is -0.979. The minimum Gasteiger partial charge on any atom is -0.338 e. The number of carbonyl (C=O) groups excluding carboxylic acids is 3. The Morgan fingerprint density at radius 1 is 1.44 bits per heavy atom. The Labute approximate surface area is 108 Å². The Kier molecular flexibility index (Phi) is 4.82. The zero-order valence-corrected chi connectivity index (χ0v) is 11.2. The maximum atomic E-state index is 12.4. The number of likely N-dealkylation sites (tertiary alicyclic amines) is 1. The van der Waals surface area contributed by atoms with Gasteiger partial charge in [0.05, 0.1) is 0 Å². The fraction of sp³-hybridized carbons (Fsp3) is 0.643. The van der Waals surface area contributed by atoms with Crippen LogP contribution in [0.4, 0.5) is 0 Å². The second-order valence-electron chi connectivity index (χ2n) is 4.98. The van der Waals surface area contributed by atoms with Gasteiger partial charge in [0.15, 0.2) is 0 Å². The second kappa shape index (κ2) is 5.94. The molecule has 0 aromatic rings. The highest BCUT2D eigenvalue weighted by atomic mass is 16.2. The van der Waals surface area contributed by atoms with Crippen molar-refractivity contribution in [2.75, 3.05) is 13.1 Å². The third-order valence-electron chi connectivity index (χ3n) is 3.66. The quantitative estimate of drug-likeness (QED) is 0.533. The molecule has 1 aliphatic rings. The van der Waals surface area contributed by atoms with Crippen molar-refractivity contribution in [3.05, 3.63) is 12.7 Å². The Morgan fingerprint density at radius 2 is 2.11 bits per heavy atom. The van der Waals surface area contributed by atoms with Crippen LogP contribution >= 0.6 is 0 Å². The van der Waals surface area contributed by atoms with Crippen molar-refractivity contribution in [1.82, 2.24) is 4.90 Å². The first kappa shape index (κ1) is 14.6. The van der Waals surface area contributed by atoms with Crippen LogP contribution in [0.2, 0.25) is 0 Å². The normalized spacial score (nSPS) is 23.9. The Bertz CT molecular complexity index is 375. The lowest BCUT2D eigenvalue weighted by Crippen LogP contribution is -2.52. The lowest BCUT2D eigenvalue weighted by atomic mass is 9.72. The molecule has 1 saturated heterocycles. The van der Waals surface area contributed by atoms with Crippen molar-refractivity contribution in [2.45, 2.75) is 39.5 Å². The van der Waals surface area contributed by atoms with Gasteiger partial charge in [-0.3, -0.25) is 9.59 Å². The second-order valence-corrected chi connectivity index (χ2v) is 4.98. The fourth-order valence-corrected chi connectivity index (χ4v) is 2.54. The van der Waals surface area contributed by atoms with Gasteiger partial charge in [-0.1, -0.05) is 6.08 Å². The highest BCUT2D eigenvalue weighted by molar-refractivity contribution is 6.05. The topological polar surface area (TPSA) is 54.5 Å². The summed E-state index contributed by atoms with van der Waals surface area (Å²) in [5, 5.41) is 0. The first-order chi connectivity index (χ1) is 8.44. The number of carbonyl (C=O) groups is 3. The molecule has 1 rings (SSSR count). The number of ketones is 2. The summed E-state index contributed by atoms with van der Waals surface area (Å²) >= 11 is 0. The van der Waals surface area contributed by atoms with E-state index in [1.54, 1.807) is 11.0 Å². The molecule has 0 bridgehead atoms. The van der Waals surface area contributed by atoms with Crippen molar-refractivity contribution >= 4 is 17.5 Å². The van der Waals surface area contributed by atoms with E-state index in [-0.39, 0.29) is 23.9 Å². The zero-order valence-electron chi connectivity index (χ0n) is 11.2. The average molecular weight is 251 g/mol. The van der Waals surface area contributed by atoms with Gasteiger partial charge in [0.1, 0.15) is 17.0 Å². The van der Waals surface area contributed by atoms with Gasteiger partial charge < -0.3 is 9.69 Å². The van der Waals surface area contributed by atoms with Crippen molar-refractivity contribution in [2.24, 2.45) is 5.41 Å². The van der Waals surface area contributed by atoms with Crippen LogP contribution in [0.1, 0.15) is 39.5 Å². The van der Waals surface area contributed by atoms with E-state index in [0.717, 1.165) is 6.42 Å². The molecular formula is C14H21NO3. The molecule has 1 atom stereocenters. The Balaban J connectivity index is 2.94. The summed E-state index contributed by atoms with van der Waals surface area (Å²) in [6.07, 6.45) is 3.65. The molecule has 0 aromatic carbocycles. The van der Waals surface area contributed by atoms with Crippen molar-refractivity contribution < 1.29 is 14.4 Å². The largest absolute Gasteiger partial charge is 0.338 e. The fourth-order valence-electron chi connectivity index (χ4n) is 2.54. The third-order valence-corrected chi connectivity index (χ3v) is 3.66. The zero-order chi connectivity index (χ0) is 13.8. The lowest BCUT2D eigenvalue weighted by molar-refractivity contribution is -0.153. The molecule has 4 heteroatoms. The summed E-state index contributed by atoms with van der Waals surface area (Å²) in [6.45, 7) is 7.70. The van der Waals surface area contributed by atoms with Gasteiger partial charge in [-0.2, -0.15) is 0 Å². The third kappa shape index (κ3) is 2.86. The van der Waals surface area contributed by atoms with Crippen LogP contribution in [-0.2, 0) is 14.4 Å². The van der Waals surface area contributed by atoms with Gasteiger partial charge in [-0.25, -0.2) is 0 Å². The molecule has 1 fully saturated rings. The molecule has 4 nitrogen and oxygen atoms in total. The molecule has 0 aliphatic carbocycles. The van der Waals surface area contributed by atoms with E-state index in [1.165, 1.54) is 13.8 Å². The summed E-state index contributed by atoms with van der Waals surface area (Å²) in [5.41, 5.74) is -0.979. The predicted octanol–water partition coefficient (Wildman–Crippen LogP) is 1.74. The van der Waals surface area contributed by atoms with Gasteiger partial charge in [-0.05, 0) is 33.1 Å². The molecule has 0 N–H and O–H groups in total. The number of Topliss-reactive ketones (excluding diaryl/α,β-unsaturated/α-hetero) is 2. The van der Waals surface area contributed by atoms with E-state index < -0.39 is 5.41 Å². The number of amides is 1. The number of hydrogen-bond donors (Lipinski definition) is 0. The summed E-state index contributed by atoms with van der Waals surface area (Å²) in [7, 11) is 0. The van der Waals surface area contributed by atoms with E-state index in [4.69, 9.17) is 0 Å². The summed E-state index contributed by atoms with van der Waals surface area (Å²) in [4.78, 5) is 37.1. The standard InChI is InChI=1S/C14H21NO3/c1-4-9-15-10-5-7-14(12(3)17,13(15)18)8-6-11(2)16/h4H,1,5-10H2,2-3H3. The molecule has 1 heterocycles. The summed E-state index contributed by atoms with van der Waals surface area (Å²) in [5.74, 6) is -0.241. The first-order valence-corrected chi connectivity index (χ1v) is 6.35. The van der Waals surface area contributed by atoms with Crippen LogP contribution in [0.25, 0.3) is 0 Å². The van der Waals surface area contributed by atoms with Crippen LogP contribution in [0.5, 0.6) is 0 Å². The lowest BCUT2D eigenvalue weighted by Gasteiger charge is -2.39. The van der Waals surface area contributed by atoms with Gasteiger partial charge in [-0.15, -0.1) is 6.58 Å². The minimum absolute atomic E-state index is 0.0178. The van der Waals surface area contributed by atoms with Crippen LogP contribution in [-0.4, -0.2) is 35.5 Å². The monoisotopic (exact) mass is 251 g/mol. The predicted molar refractivity (Wildman–Crippen MR) is 69.0 cm³/mol. The molecule has 0 radical (unpaired) electrons. The SMILES string of the molecule is C=CCN1CCCC(CCC(C)=O)(C(C)=O)C1=O. The summed E-state index contributed by atoms with van der Waals surface area (Å²) in [6, 6.07) is 0. The van der Waals surface area contributed by atoms with Crippen molar-refractivity contribution in [3.8, 4) is 0 Å². The molecule has 1 aliphatic heterocycles. The highest BCUT2D eigenvalue weighted by Crippen LogP contribution is 2.37. The van der Waals surface area contributed by atoms with E-state index in [2.05, 4.69) is 6.58 Å². The average Bonchev–Trinajstić information content (AvgIpc) is 2.30. The van der Waals surface area contributed by atoms with Gasteiger partial charge in [0.2, 0.25) is 5.91 Å². The molecule has 0 aromatic heterocycles. The molecule has 1 amide bonds. The van der Waals surface area contributed by atoms with Crippen LogP contribution < -0.4 is 0 Å². The van der Waals surface area contributed by atoms with Gasteiger partial charge in [0, 0.05) is 19.5 Å². The maximum Gasteiger partial charge on any atom is 0.236 e. The van der Waals surface area contributed by atoms with E-state index in [0.29, 0.717) is 25.9 Å². The maximum absolute atomic E-state index is 12.4. The first-order valence-electron chi connectivity index (χ1n) is 6.35. The molecule has 0 saturated carbocycles. The molecule has 18 heavy (non-hydrogen) atoms. The summed E-state index contributed by atoms with van der Waals surface area (Å²) < 4.78 is 0. The van der Waals surface area contributed by atoms with Gasteiger partial charge >= 0.3 is 0 Å². The van der Waals surface area contributed by atoms with Gasteiger partial charge in [0.25, 0.3) is 0 Å². The van der Waals surface area contributed by atoms with E-state index in [1.807, 2.05) is 0 Å². The number of piperidine rings is 1. The van der Waals surface area contributed by atoms with Crippen LogP contribution in [0.15, 0.2) is 12.7 Å². The van der Waals surface area contributed by atoms with Crippen molar-refractivity contribution in [1.29, 1.82) is 0 Å². The van der Waals surface area contributed by atoms with E-state index >= 15 is 0 Å². The number of nitrogens with zero attached hydrogens (tertiary/aromatic N) is 1. The van der Waals surface area contributed by atoms with E-state index in [9.17, 15) is 14.4 Å². The van der Waals surface area contributed by atoms with Crippen LogP contribution in [0, 0.1) is 5.41 Å². The van der Waals surface area contributed by atoms with Crippen LogP contribution in [0.3, 0.4) is 0 Å².